The van der Waals surface area contributed by atoms with E-state index in [1.54, 1.807) is 24.3 Å². The number of hydrogen-bond donors (Lipinski definition) is 1. The SMILES string of the molecule is CN(CCC#N)S(=O)(=O)c1ccc2nc(N)ccc2c1. The van der Waals surface area contributed by atoms with Crippen LogP contribution < -0.4 is 5.73 Å². The molecule has 0 radical (unpaired) electrons. The molecule has 0 atom stereocenters. The fourth-order valence-corrected chi connectivity index (χ4v) is 2.99. The van der Waals surface area contributed by atoms with Crippen molar-refractivity contribution in [3.05, 3.63) is 30.3 Å². The quantitative estimate of drug-likeness (QED) is 0.916. The van der Waals surface area contributed by atoms with Gasteiger partial charge in [0, 0.05) is 25.4 Å². The highest BCUT2D eigenvalue weighted by atomic mass is 32.2. The predicted molar refractivity (Wildman–Crippen MR) is 76.2 cm³/mol. The number of nitrogens with zero attached hydrogens (tertiary/aromatic N) is 3. The van der Waals surface area contributed by atoms with Crippen molar-refractivity contribution in [3.63, 3.8) is 0 Å². The Balaban J connectivity index is 2.42. The number of nitrogens with two attached hydrogens (primary N) is 1. The second-order valence-corrected chi connectivity index (χ2v) is 6.37. The highest BCUT2D eigenvalue weighted by Gasteiger charge is 2.20. The first-order valence-corrected chi connectivity index (χ1v) is 7.39. The number of fused-ring (bicyclic) bond motifs is 1. The minimum absolute atomic E-state index is 0.154. The van der Waals surface area contributed by atoms with Crippen LogP contribution in [0.5, 0.6) is 0 Å². The van der Waals surface area contributed by atoms with E-state index in [1.165, 1.54) is 17.4 Å². The Morgan fingerprint density at radius 1 is 1.35 bits per heavy atom. The van der Waals surface area contributed by atoms with Crippen LogP contribution in [0, 0.1) is 11.3 Å². The summed E-state index contributed by atoms with van der Waals surface area (Å²) in [5, 5.41) is 9.23. The summed E-state index contributed by atoms with van der Waals surface area (Å²) in [6, 6.07) is 9.95. The van der Waals surface area contributed by atoms with Gasteiger partial charge in [-0.25, -0.2) is 13.4 Å². The van der Waals surface area contributed by atoms with Gasteiger partial charge in [-0.05, 0) is 30.3 Å². The van der Waals surface area contributed by atoms with Crippen LogP contribution in [-0.2, 0) is 10.0 Å². The van der Waals surface area contributed by atoms with Crippen molar-refractivity contribution in [1.29, 1.82) is 5.26 Å². The number of nitriles is 1. The Bertz CT molecular complexity index is 781. The first-order chi connectivity index (χ1) is 9.45. The molecule has 0 unspecified atom stereocenters. The summed E-state index contributed by atoms with van der Waals surface area (Å²) in [5.74, 6) is 0.388. The maximum Gasteiger partial charge on any atom is 0.242 e. The maximum absolute atomic E-state index is 12.3. The fraction of sp³-hybridized carbons (Fsp3) is 0.231. The van der Waals surface area contributed by atoms with Crippen molar-refractivity contribution in [2.75, 3.05) is 19.3 Å². The largest absolute Gasteiger partial charge is 0.384 e. The zero-order chi connectivity index (χ0) is 14.8. The van der Waals surface area contributed by atoms with Crippen LogP contribution in [0.2, 0.25) is 0 Å². The maximum atomic E-state index is 12.3. The molecule has 0 aliphatic heterocycles. The van der Waals surface area contributed by atoms with Crippen molar-refractivity contribution in [2.24, 2.45) is 0 Å². The lowest BCUT2D eigenvalue weighted by Gasteiger charge is -2.15. The van der Waals surface area contributed by atoms with Crippen molar-refractivity contribution in [3.8, 4) is 6.07 Å². The molecule has 0 spiro atoms. The van der Waals surface area contributed by atoms with E-state index in [0.717, 1.165) is 0 Å². The Morgan fingerprint density at radius 3 is 2.80 bits per heavy atom. The molecule has 0 fully saturated rings. The highest BCUT2D eigenvalue weighted by Crippen LogP contribution is 2.21. The molecule has 0 aliphatic carbocycles. The first-order valence-electron chi connectivity index (χ1n) is 5.95. The van der Waals surface area contributed by atoms with Gasteiger partial charge in [0.2, 0.25) is 10.0 Å². The lowest BCUT2D eigenvalue weighted by atomic mass is 10.2. The number of aromatic nitrogens is 1. The van der Waals surface area contributed by atoms with Gasteiger partial charge in [-0.3, -0.25) is 0 Å². The van der Waals surface area contributed by atoms with Gasteiger partial charge in [-0.2, -0.15) is 9.57 Å². The van der Waals surface area contributed by atoms with Crippen molar-refractivity contribution in [2.45, 2.75) is 11.3 Å². The van der Waals surface area contributed by atoms with E-state index in [2.05, 4.69) is 4.98 Å². The van der Waals surface area contributed by atoms with Crippen molar-refractivity contribution in [1.82, 2.24) is 9.29 Å². The third kappa shape index (κ3) is 2.71. The van der Waals surface area contributed by atoms with E-state index in [1.807, 2.05) is 6.07 Å². The van der Waals surface area contributed by atoms with Gasteiger partial charge in [0.1, 0.15) is 5.82 Å². The molecule has 7 heteroatoms. The molecule has 2 aromatic rings. The van der Waals surface area contributed by atoms with Crippen LogP contribution in [0.15, 0.2) is 35.2 Å². The second kappa shape index (κ2) is 5.45. The van der Waals surface area contributed by atoms with E-state index in [0.29, 0.717) is 16.7 Å². The normalized spacial score (nSPS) is 11.7. The molecule has 0 saturated heterocycles. The van der Waals surface area contributed by atoms with Gasteiger partial charge >= 0.3 is 0 Å². The smallest absolute Gasteiger partial charge is 0.242 e. The summed E-state index contributed by atoms with van der Waals surface area (Å²) >= 11 is 0. The predicted octanol–water partition coefficient (Wildman–Crippen LogP) is 1.35. The fourth-order valence-electron chi connectivity index (χ4n) is 1.79. The summed E-state index contributed by atoms with van der Waals surface area (Å²) < 4.78 is 25.8. The molecule has 2 N–H and O–H groups in total. The van der Waals surface area contributed by atoms with E-state index in [9.17, 15) is 8.42 Å². The molecule has 104 valence electrons. The van der Waals surface area contributed by atoms with Crippen molar-refractivity contribution < 1.29 is 8.42 Å². The van der Waals surface area contributed by atoms with Gasteiger partial charge in [-0.1, -0.05) is 0 Å². The van der Waals surface area contributed by atoms with Crippen LogP contribution >= 0.6 is 0 Å². The number of rotatable bonds is 4. The van der Waals surface area contributed by atoms with Gasteiger partial charge in [-0.15, -0.1) is 0 Å². The average Bonchev–Trinajstić information content (AvgIpc) is 2.43. The highest BCUT2D eigenvalue weighted by molar-refractivity contribution is 7.89. The topological polar surface area (TPSA) is 100 Å². The van der Waals surface area contributed by atoms with E-state index < -0.39 is 10.0 Å². The molecule has 0 saturated carbocycles. The van der Waals surface area contributed by atoms with Crippen LogP contribution in [0.25, 0.3) is 10.9 Å². The minimum atomic E-state index is -3.59. The number of anilines is 1. The molecular formula is C13H14N4O2S. The van der Waals surface area contributed by atoms with E-state index in [4.69, 9.17) is 11.0 Å². The summed E-state index contributed by atoms with van der Waals surface area (Å²) in [6.07, 6.45) is 0.154. The number of hydrogen-bond acceptors (Lipinski definition) is 5. The first kappa shape index (κ1) is 14.2. The molecule has 2 rings (SSSR count). The molecule has 1 aromatic carbocycles. The number of benzene rings is 1. The average molecular weight is 290 g/mol. The molecule has 0 bridgehead atoms. The molecule has 0 amide bonds. The molecule has 20 heavy (non-hydrogen) atoms. The Morgan fingerprint density at radius 2 is 2.10 bits per heavy atom. The van der Waals surface area contributed by atoms with Crippen LogP contribution in [0.3, 0.4) is 0 Å². The monoisotopic (exact) mass is 290 g/mol. The van der Waals surface area contributed by atoms with Gasteiger partial charge in [0.05, 0.1) is 16.5 Å². The van der Waals surface area contributed by atoms with Crippen LogP contribution in [-0.4, -0.2) is 31.3 Å². The third-order valence-electron chi connectivity index (χ3n) is 2.93. The molecular weight excluding hydrogens is 276 g/mol. The second-order valence-electron chi connectivity index (χ2n) is 4.33. The Hall–Kier alpha value is -2.17. The van der Waals surface area contributed by atoms with Crippen molar-refractivity contribution >= 4 is 26.7 Å². The van der Waals surface area contributed by atoms with Crippen LogP contribution in [0.1, 0.15) is 6.42 Å². The summed E-state index contributed by atoms with van der Waals surface area (Å²) in [7, 11) is -2.13. The Labute approximate surface area is 117 Å². The lowest BCUT2D eigenvalue weighted by Crippen LogP contribution is -2.27. The number of pyridine rings is 1. The number of nitrogen functional groups attached to an aromatic ring is 1. The van der Waals surface area contributed by atoms with Gasteiger partial charge in [0.15, 0.2) is 0 Å². The standard InChI is InChI=1S/C13H14N4O2S/c1-17(8-2-7-14)20(18,19)11-4-5-12-10(9-11)3-6-13(15)16-12/h3-6,9H,2,8H2,1H3,(H2,15,16). The number of sulfonamides is 1. The van der Waals surface area contributed by atoms with E-state index in [-0.39, 0.29) is 17.9 Å². The van der Waals surface area contributed by atoms with Crippen LogP contribution in [0.4, 0.5) is 5.82 Å². The van der Waals surface area contributed by atoms with E-state index >= 15 is 0 Å². The van der Waals surface area contributed by atoms with Gasteiger partial charge in [0.25, 0.3) is 0 Å². The Kier molecular flexibility index (Phi) is 3.88. The molecule has 1 aromatic heterocycles. The molecule has 0 aliphatic rings. The third-order valence-corrected chi connectivity index (χ3v) is 4.78. The lowest BCUT2D eigenvalue weighted by molar-refractivity contribution is 0.476. The molecule has 6 nitrogen and oxygen atoms in total. The minimum Gasteiger partial charge on any atom is -0.384 e. The zero-order valence-electron chi connectivity index (χ0n) is 10.9. The summed E-state index contributed by atoms with van der Waals surface area (Å²) in [4.78, 5) is 4.30. The summed E-state index contributed by atoms with van der Waals surface area (Å²) in [6.45, 7) is 0.164. The zero-order valence-corrected chi connectivity index (χ0v) is 11.8. The summed E-state index contributed by atoms with van der Waals surface area (Å²) in [5.41, 5.74) is 6.22. The molecule has 1 heterocycles. The van der Waals surface area contributed by atoms with Gasteiger partial charge < -0.3 is 5.73 Å².